The highest BCUT2D eigenvalue weighted by molar-refractivity contribution is 5.43. The summed E-state index contributed by atoms with van der Waals surface area (Å²) in [6.07, 6.45) is 3.27. The summed E-state index contributed by atoms with van der Waals surface area (Å²) in [7, 11) is 2.13. The third kappa shape index (κ3) is 3.93. The number of rotatable bonds is 7. The summed E-state index contributed by atoms with van der Waals surface area (Å²) in [5.74, 6) is 1.08. The molecule has 4 nitrogen and oxygen atoms in total. The molecule has 4 heteroatoms. The summed E-state index contributed by atoms with van der Waals surface area (Å²) in [5, 5.41) is 3.40. The summed E-state index contributed by atoms with van der Waals surface area (Å²) in [4.78, 5) is 7.10. The Kier molecular flexibility index (Phi) is 5.80. The number of hydrogen-bond acceptors (Lipinski definition) is 4. The van der Waals surface area contributed by atoms with Crippen molar-refractivity contribution in [3.63, 3.8) is 0 Å². The maximum Gasteiger partial charge on any atom is 0.129 e. The smallest absolute Gasteiger partial charge is 0.129 e. The maximum atomic E-state index is 5.49. The Labute approximate surface area is 122 Å². The first-order chi connectivity index (χ1) is 9.74. The van der Waals surface area contributed by atoms with Crippen molar-refractivity contribution in [1.29, 1.82) is 0 Å². The first-order valence-corrected chi connectivity index (χ1v) is 7.75. The van der Waals surface area contributed by atoms with Gasteiger partial charge in [-0.1, -0.05) is 20.3 Å². The van der Waals surface area contributed by atoms with Crippen molar-refractivity contribution >= 4 is 5.82 Å². The van der Waals surface area contributed by atoms with Gasteiger partial charge in [-0.25, -0.2) is 4.98 Å². The second kappa shape index (κ2) is 7.60. The first kappa shape index (κ1) is 15.3. The Hall–Kier alpha value is -1.13. The lowest BCUT2D eigenvalue weighted by molar-refractivity contribution is 0.193. The van der Waals surface area contributed by atoms with Crippen LogP contribution in [0.15, 0.2) is 12.1 Å². The van der Waals surface area contributed by atoms with Gasteiger partial charge in [0.2, 0.25) is 0 Å². The number of pyridine rings is 1. The van der Waals surface area contributed by atoms with Crippen molar-refractivity contribution in [2.24, 2.45) is 0 Å². The van der Waals surface area contributed by atoms with Gasteiger partial charge in [-0.2, -0.15) is 0 Å². The van der Waals surface area contributed by atoms with E-state index < -0.39 is 0 Å². The van der Waals surface area contributed by atoms with E-state index in [-0.39, 0.29) is 0 Å². The Morgan fingerprint density at radius 3 is 2.90 bits per heavy atom. The molecule has 0 aromatic carbocycles. The molecule has 0 saturated carbocycles. The second-order valence-electron chi connectivity index (χ2n) is 5.48. The van der Waals surface area contributed by atoms with Crippen molar-refractivity contribution in [3.05, 3.63) is 23.4 Å². The fourth-order valence-corrected chi connectivity index (χ4v) is 2.58. The van der Waals surface area contributed by atoms with Gasteiger partial charge in [-0.3, -0.25) is 0 Å². The van der Waals surface area contributed by atoms with E-state index in [4.69, 9.17) is 9.72 Å². The lowest BCUT2D eigenvalue weighted by Gasteiger charge is -2.25. The standard InChI is InChI=1S/C16H27N3O/c1-4-6-14-9-13(11-17-5-2)10-16(18-14)19(3)15-7-8-20-12-15/h9-10,15,17H,4-8,11-12H2,1-3H3. The van der Waals surface area contributed by atoms with Gasteiger partial charge in [0.15, 0.2) is 0 Å². The van der Waals surface area contributed by atoms with Gasteiger partial charge in [-0.15, -0.1) is 0 Å². The van der Waals surface area contributed by atoms with Crippen LogP contribution in [0.1, 0.15) is 37.9 Å². The highest BCUT2D eigenvalue weighted by atomic mass is 16.5. The van der Waals surface area contributed by atoms with Crippen LogP contribution in [0.3, 0.4) is 0 Å². The van der Waals surface area contributed by atoms with Crippen molar-refractivity contribution in [1.82, 2.24) is 10.3 Å². The van der Waals surface area contributed by atoms with E-state index in [1.807, 2.05) is 0 Å². The molecule has 1 aromatic heterocycles. The first-order valence-electron chi connectivity index (χ1n) is 7.75. The molecule has 2 heterocycles. The molecule has 0 aliphatic carbocycles. The van der Waals surface area contributed by atoms with Crippen molar-refractivity contribution < 1.29 is 4.74 Å². The molecule has 2 rings (SSSR count). The molecule has 1 N–H and O–H groups in total. The number of likely N-dealkylation sites (N-methyl/N-ethyl adjacent to an activating group) is 1. The summed E-state index contributed by atoms with van der Waals surface area (Å²) in [6, 6.07) is 4.90. The molecule has 0 spiro atoms. The monoisotopic (exact) mass is 277 g/mol. The number of nitrogens with zero attached hydrogens (tertiary/aromatic N) is 2. The van der Waals surface area contributed by atoms with Crippen LogP contribution in [0.2, 0.25) is 0 Å². The van der Waals surface area contributed by atoms with Crippen LogP contribution in [0.25, 0.3) is 0 Å². The minimum Gasteiger partial charge on any atom is -0.379 e. The fraction of sp³-hybridized carbons (Fsp3) is 0.688. The third-order valence-electron chi connectivity index (χ3n) is 3.82. The predicted octanol–water partition coefficient (Wildman–Crippen LogP) is 2.37. The van der Waals surface area contributed by atoms with E-state index in [1.54, 1.807) is 0 Å². The van der Waals surface area contributed by atoms with E-state index in [0.717, 1.165) is 51.4 Å². The Morgan fingerprint density at radius 1 is 1.40 bits per heavy atom. The van der Waals surface area contributed by atoms with Crippen LogP contribution >= 0.6 is 0 Å². The molecule has 0 radical (unpaired) electrons. The highest BCUT2D eigenvalue weighted by Crippen LogP contribution is 2.21. The van der Waals surface area contributed by atoms with E-state index >= 15 is 0 Å². The number of aryl methyl sites for hydroxylation is 1. The molecule has 1 aliphatic heterocycles. The summed E-state index contributed by atoms with van der Waals surface area (Å²) >= 11 is 0. The van der Waals surface area contributed by atoms with E-state index in [2.05, 4.69) is 43.2 Å². The fourth-order valence-electron chi connectivity index (χ4n) is 2.58. The van der Waals surface area contributed by atoms with Crippen LogP contribution < -0.4 is 10.2 Å². The molecule has 1 unspecified atom stereocenters. The summed E-state index contributed by atoms with van der Waals surface area (Å²) in [6.45, 7) is 7.93. The van der Waals surface area contributed by atoms with E-state index in [1.165, 1.54) is 11.3 Å². The topological polar surface area (TPSA) is 37.4 Å². The number of aromatic nitrogens is 1. The molecule has 0 bridgehead atoms. The SMILES string of the molecule is CCCc1cc(CNCC)cc(N(C)C2CCOC2)n1. The third-order valence-corrected chi connectivity index (χ3v) is 3.82. The minimum absolute atomic E-state index is 0.464. The zero-order valence-corrected chi connectivity index (χ0v) is 13.0. The van der Waals surface area contributed by atoms with Gasteiger partial charge in [0.05, 0.1) is 12.6 Å². The molecule has 0 amide bonds. The van der Waals surface area contributed by atoms with Gasteiger partial charge in [-0.05, 0) is 37.1 Å². The molecule has 112 valence electrons. The molecular weight excluding hydrogens is 250 g/mol. The van der Waals surface area contributed by atoms with Gasteiger partial charge in [0, 0.05) is 25.9 Å². The maximum absolute atomic E-state index is 5.49. The quantitative estimate of drug-likeness (QED) is 0.830. The Bertz CT molecular complexity index is 416. The zero-order chi connectivity index (χ0) is 14.4. The Balaban J connectivity index is 2.18. The van der Waals surface area contributed by atoms with Gasteiger partial charge >= 0.3 is 0 Å². The number of ether oxygens (including phenoxy) is 1. The molecule has 20 heavy (non-hydrogen) atoms. The predicted molar refractivity (Wildman–Crippen MR) is 83.2 cm³/mol. The number of anilines is 1. The van der Waals surface area contributed by atoms with Crippen molar-refractivity contribution in [2.75, 3.05) is 31.7 Å². The molecule has 1 aromatic rings. The lowest BCUT2D eigenvalue weighted by atomic mass is 10.1. The number of nitrogens with one attached hydrogen (secondary N) is 1. The average Bonchev–Trinajstić information content (AvgIpc) is 2.98. The molecular formula is C16H27N3O. The van der Waals surface area contributed by atoms with Crippen molar-refractivity contribution in [3.8, 4) is 0 Å². The average molecular weight is 277 g/mol. The minimum atomic E-state index is 0.464. The van der Waals surface area contributed by atoms with E-state index in [9.17, 15) is 0 Å². The van der Waals surface area contributed by atoms with Crippen LogP contribution in [-0.4, -0.2) is 37.8 Å². The van der Waals surface area contributed by atoms with Crippen molar-refractivity contribution in [2.45, 2.75) is 45.7 Å². The van der Waals surface area contributed by atoms with Gasteiger partial charge in [0.1, 0.15) is 5.82 Å². The van der Waals surface area contributed by atoms with E-state index in [0.29, 0.717) is 6.04 Å². The normalized spacial score (nSPS) is 18.4. The summed E-state index contributed by atoms with van der Waals surface area (Å²) < 4.78 is 5.49. The second-order valence-corrected chi connectivity index (χ2v) is 5.48. The lowest BCUT2D eigenvalue weighted by Crippen LogP contribution is -2.32. The summed E-state index contributed by atoms with van der Waals surface area (Å²) in [5.41, 5.74) is 2.52. The van der Waals surface area contributed by atoms with Gasteiger partial charge < -0.3 is 15.0 Å². The van der Waals surface area contributed by atoms with Crippen LogP contribution in [0.4, 0.5) is 5.82 Å². The number of hydrogen-bond donors (Lipinski definition) is 1. The van der Waals surface area contributed by atoms with Crippen LogP contribution in [0, 0.1) is 0 Å². The largest absolute Gasteiger partial charge is 0.379 e. The zero-order valence-electron chi connectivity index (χ0n) is 13.0. The highest BCUT2D eigenvalue weighted by Gasteiger charge is 2.21. The molecule has 1 aliphatic rings. The molecule has 1 fully saturated rings. The van der Waals surface area contributed by atoms with Crippen LogP contribution in [0.5, 0.6) is 0 Å². The van der Waals surface area contributed by atoms with Gasteiger partial charge in [0.25, 0.3) is 0 Å². The Morgan fingerprint density at radius 2 is 2.25 bits per heavy atom. The molecule has 1 atom stereocenters. The van der Waals surface area contributed by atoms with Crippen LogP contribution in [-0.2, 0) is 17.7 Å². The molecule has 1 saturated heterocycles.